The fourth-order valence-corrected chi connectivity index (χ4v) is 6.92. The van der Waals surface area contributed by atoms with Crippen molar-refractivity contribution in [2.45, 2.75) is 56.5 Å². The molecule has 238 valence electrons. The van der Waals surface area contributed by atoms with Gasteiger partial charge in [-0.15, -0.1) is 0 Å². The molecule has 10 heteroatoms. The third-order valence-corrected chi connectivity index (χ3v) is 9.73. The fraction of sp³-hybridized carbons (Fsp3) is 0.333. The number of benzene rings is 3. The molecule has 0 bridgehead atoms. The molecule has 3 heterocycles. The highest BCUT2D eigenvalue weighted by molar-refractivity contribution is 8.15. The highest BCUT2D eigenvalue weighted by atomic mass is 32.2. The Balaban J connectivity index is 1.08. The predicted octanol–water partition coefficient (Wildman–Crippen LogP) is 6.23. The van der Waals surface area contributed by atoms with E-state index >= 15 is 0 Å². The number of hydrogen-bond acceptors (Lipinski definition) is 9. The number of nitrogens with zero attached hydrogens (tertiary/aromatic N) is 3. The normalized spacial score (nSPS) is 20.0. The molecule has 1 saturated heterocycles. The van der Waals surface area contributed by atoms with E-state index in [4.69, 9.17) is 19.0 Å². The lowest BCUT2D eigenvalue weighted by atomic mass is 9.91. The Bertz CT molecular complexity index is 1630. The van der Waals surface area contributed by atoms with Crippen LogP contribution in [0.25, 0.3) is 0 Å². The quantitative estimate of drug-likeness (QED) is 0.184. The van der Waals surface area contributed by atoms with Gasteiger partial charge in [0.1, 0.15) is 25.2 Å². The first-order valence-corrected chi connectivity index (χ1v) is 16.6. The zero-order valence-electron chi connectivity index (χ0n) is 26.0. The van der Waals surface area contributed by atoms with Gasteiger partial charge in [-0.3, -0.25) is 9.79 Å². The van der Waals surface area contributed by atoms with Gasteiger partial charge in [0.15, 0.2) is 0 Å². The molecule has 4 aromatic rings. The van der Waals surface area contributed by atoms with Crippen molar-refractivity contribution in [1.29, 1.82) is 0 Å². The minimum absolute atomic E-state index is 0.0412. The Morgan fingerprint density at radius 2 is 1.83 bits per heavy atom. The van der Waals surface area contributed by atoms with E-state index in [0.717, 1.165) is 40.6 Å². The summed E-state index contributed by atoms with van der Waals surface area (Å²) in [5.74, 6) is 0.0118. The Morgan fingerprint density at radius 3 is 2.54 bits per heavy atom. The van der Waals surface area contributed by atoms with Crippen LogP contribution in [0, 0.1) is 0 Å². The molecular formula is C36H38N4O5S. The Labute approximate surface area is 273 Å². The monoisotopic (exact) mass is 638 g/mol. The molecule has 9 nitrogen and oxygen atoms in total. The van der Waals surface area contributed by atoms with Crippen LogP contribution in [0.5, 0.6) is 5.75 Å². The van der Waals surface area contributed by atoms with Gasteiger partial charge in [-0.05, 0) is 48.7 Å². The van der Waals surface area contributed by atoms with E-state index in [1.807, 2.05) is 54.6 Å². The van der Waals surface area contributed by atoms with Crippen molar-refractivity contribution in [3.8, 4) is 5.75 Å². The van der Waals surface area contributed by atoms with Crippen LogP contribution in [0.15, 0.2) is 101 Å². The van der Waals surface area contributed by atoms with Gasteiger partial charge in [-0.1, -0.05) is 90.6 Å². The van der Waals surface area contributed by atoms with Crippen LogP contribution in [0.3, 0.4) is 0 Å². The number of carbonyl (C=O) groups excluding carboxylic acids is 2. The lowest BCUT2D eigenvalue weighted by Crippen LogP contribution is -2.40. The number of rotatable bonds is 13. The number of cyclic esters (lactones) is 1. The summed E-state index contributed by atoms with van der Waals surface area (Å²) in [7, 11) is 0. The van der Waals surface area contributed by atoms with Gasteiger partial charge >= 0.3 is 6.09 Å². The molecule has 2 amide bonds. The first-order valence-electron chi connectivity index (χ1n) is 15.7. The fourth-order valence-electron chi connectivity index (χ4n) is 5.74. The molecule has 0 spiro atoms. The first-order chi connectivity index (χ1) is 22.5. The lowest BCUT2D eigenvalue weighted by Gasteiger charge is -2.22. The maximum absolute atomic E-state index is 13.6. The summed E-state index contributed by atoms with van der Waals surface area (Å²) >= 11 is 1.75. The van der Waals surface area contributed by atoms with Crippen molar-refractivity contribution < 1.29 is 23.6 Å². The number of amides is 2. The minimum Gasteiger partial charge on any atom is -0.492 e. The van der Waals surface area contributed by atoms with E-state index in [-0.39, 0.29) is 36.3 Å². The summed E-state index contributed by atoms with van der Waals surface area (Å²) in [6, 6.07) is 27.6. The number of nitrogens with one attached hydrogen (secondary N) is 1. The van der Waals surface area contributed by atoms with Crippen LogP contribution in [-0.4, -0.2) is 64.2 Å². The van der Waals surface area contributed by atoms with E-state index < -0.39 is 12.0 Å². The second kappa shape index (κ2) is 14.8. The molecule has 46 heavy (non-hydrogen) atoms. The number of imide groups is 1. The molecule has 0 saturated carbocycles. The molecular weight excluding hydrogens is 600 g/mol. The van der Waals surface area contributed by atoms with Crippen molar-refractivity contribution in [1.82, 2.24) is 15.4 Å². The summed E-state index contributed by atoms with van der Waals surface area (Å²) in [4.78, 5) is 32.4. The van der Waals surface area contributed by atoms with Crippen molar-refractivity contribution in [2.75, 3.05) is 19.8 Å². The second-order valence-electron chi connectivity index (χ2n) is 11.6. The number of hydrogen-bond donors (Lipinski definition) is 1. The van der Waals surface area contributed by atoms with Crippen LogP contribution >= 0.6 is 11.8 Å². The SMILES string of the molecule is CCNCc1ccc(C2=NC(C)C(COc3ccc([C@H](CC(=O)N4C(=O)OC[C@@H]4Cc4ccccc4)c4ccon4)cc3)S2)cc1. The topological polar surface area (TPSA) is 106 Å². The molecule has 1 aromatic heterocycles. The highest BCUT2D eigenvalue weighted by Gasteiger charge is 2.39. The molecule has 2 aliphatic rings. The zero-order chi connectivity index (χ0) is 31.9. The van der Waals surface area contributed by atoms with Crippen LogP contribution < -0.4 is 10.1 Å². The summed E-state index contributed by atoms with van der Waals surface area (Å²) in [6.07, 6.45) is 1.45. The maximum atomic E-state index is 13.6. The summed E-state index contributed by atoms with van der Waals surface area (Å²) in [5.41, 5.74) is 4.91. The zero-order valence-corrected chi connectivity index (χ0v) is 26.8. The van der Waals surface area contributed by atoms with Gasteiger partial charge in [0.25, 0.3) is 0 Å². The number of ether oxygens (including phenoxy) is 2. The molecule has 4 atom stereocenters. The number of aliphatic imine (C=N–C) groups is 1. The number of thioether (sulfide) groups is 1. The van der Waals surface area contributed by atoms with E-state index in [1.54, 1.807) is 17.8 Å². The highest BCUT2D eigenvalue weighted by Crippen LogP contribution is 2.33. The summed E-state index contributed by atoms with van der Waals surface area (Å²) < 4.78 is 16.6. The van der Waals surface area contributed by atoms with Gasteiger partial charge in [-0.2, -0.15) is 0 Å². The van der Waals surface area contributed by atoms with E-state index in [9.17, 15) is 9.59 Å². The van der Waals surface area contributed by atoms with Gasteiger partial charge in [0.05, 0.1) is 28.1 Å². The molecule has 1 N–H and O–H groups in total. The van der Waals surface area contributed by atoms with Gasteiger partial charge in [0, 0.05) is 30.5 Å². The van der Waals surface area contributed by atoms with Crippen LogP contribution in [0.4, 0.5) is 4.79 Å². The molecule has 0 radical (unpaired) electrons. The summed E-state index contributed by atoms with van der Waals surface area (Å²) in [6.45, 7) is 6.72. The minimum atomic E-state index is -0.610. The maximum Gasteiger partial charge on any atom is 0.416 e. The average molecular weight is 639 g/mol. The van der Waals surface area contributed by atoms with E-state index in [2.05, 4.69) is 48.6 Å². The molecule has 6 rings (SSSR count). The predicted molar refractivity (Wildman–Crippen MR) is 178 cm³/mol. The first kappa shape index (κ1) is 31.6. The van der Waals surface area contributed by atoms with E-state index in [0.29, 0.717) is 18.7 Å². The third kappa shape index (κ3) is 7.51. The Kier molecular flexibility index (Phi) is 10.1. The van der Waals surface area contributed by atoms with E-state index in [1.165, 1.54) is 16.7 Å². The molecule has 1 fully saturated rings. The van der Waals surface area contributed by atoms with Crippen LogP contribution in [-0.2, 0) is 22.5 Å². The largest absolute Gasteiger partial charge is 0.492 e. The molecule has 0 aliphatic carbocycles. The smallest absolute Gasteiger partial charge is 0.416 e. The molecule has 2 unspecified atom stereocenters. The van der Waals surface area contributed by atoms with Crippen molar-refractivity contribution in [3.05, 3.63) is 119 Å². The summed E-state index contributed by atoms with van der Waals surface area (Å²) in [5, 5.41) is 8.73. The van der Waals surface area contributed by atoms with Gasteiger partial charge < -0.3 is 19.3 Å². The molecule has 3 aromatic carbocycles. The lowest BCUT2D eigenvalue weighted by molar-refractivity contribution is -0.129. The Hall–Kier alpha value is -4.41. The van der Waals surface area contributed by atoms with Gasteiger partial charge in [-0.25, -0.2) is 9.69 Å². The number of carbonyl (C=O) groups is 2. The Morgan fingerprint density at radius 1 is 1.04 bits per heavy atom. The second-order valence-corrected chi connectivity index (χ2v) is 12.8. The number of aromatic nitrogens is 1. The standard InChI is InChI=1S/C36H38N4O5S/c1-3-37-21-26-9-11-28(12-10-26)35-38-24(2)33(46-35)23-43-30-15-13-27(14-16-30)31(32-17-18-45-39-32)20-34(41)40-29(22-44-36(40)42)19-25-7-5-4-6-8-25/h4-18,24,29,31,33,37H,3,19-23H2,1-2H3/t24?,29-,31-,33?/m0/s1. The van der Waals surface area contributed by atoms with Crippen molar-refractivity contribution >= 4 is 28.8 Å². The van der Waals surface area contributed by atoms with Crippen molar-refractivity contribution in [2.24, 2.45) is 4.99 Å². The van der Waals surface area contributed by atoms with Crippen molar-refractivity contribution in [3.63, 3.8) is 0 Å². The van der Waals surface area contributed by atoms with Crippen LogP contribution in [0.2, 0.25) is 0 Å². The average Bonchev–Trinajstić information content (AvgIpc) is 3.83. The molecule has 2 aliphatic heterocycles. The van der Waals surface area contributed by atoms with Gasteiger partial charge in [0.2, 0.25) is 5.91 Å². The third-order valence-electron chi connectivity index (χ3n) is 8.34. The van der Waals surface area contributed by atoms with Crippen LogP contribution in [0.1, 0.15) is 54.1 Å².